The fraction of sp³-hybridized carbons (Fsp3) is 0.455. The molecule has 0 aromatic heterocycles. The normalized spacial score (nSPS) is 12.8. The molecule has 0 radical (unpaired) electrons. The summed E-state index contributed by atoms with van der Waals surface area (Å²) in [6.45, 7) is 4.22. The Bertz CT molecular complexity index is 261. The minimum atomic E-state index is 0.137. The van der Waals surface area contributed by atoms with Gasteiger partial charge in [0.15, 0.2) is 0 Å². The van der Waals surface area contributed by atoms with E-state index in [0.29, 0.717) is 5.92 Å². The van der Waals surface area contributed by atoms with Gasteiger partial charge in [0, 0.05) is 6.07 Å². The average molecular weight is 180 g/mol. The van der Waals surface area contributed by atoms with Crippen molar-refractivity contribution in [2.75, 3.05) is 0 Å². The van der Waals surface area contributed by atoms with Gasteiger partial charge in [-0.15, -0.1) is 0 Å². The molecule has 13 heavy (non-hydrogen) atoms. The number of rotatable bonds is 3. The van der Waals surface area contributed by atoms with Crippen LogP contribution in [0.4, 0.5) is 0 Å². The lowest BCUT2D eigenvalue weighted by Crippen LogP contribution is -1.92. The SMILES string of the molecule is CCCC(C)c1cc(O)cc(O)c1. The van der Waals surface area contributed by atoms with E-state index >= 15 is 0 Å². The molecule has 2 nitrogen and oxygen atoms in total. The highest BCUT2D eigenvalue weighted by atomic mass is 16.3. The van der Waals surface area contributed by atoms with Crippen molar-refractivity contribution in [2.24, 2.45) is 0 Å². The zero-order valence-corrected chi connectivity index (χ0v) is 8.12. The molecule has 1 atom stereocenters. The van der Waals surface area contributed by atoms with E-state index in [1.165, 1.54) is 6.07 Å². The topological polar surface area (TPSA) is 40.5 Å². The Morgan fingerprint density at radius 2 is 1.69 bits per heavy atom. The van der Waals surface area contributed by atoms with Crippen LogP contribution in [0.1, 0.15) is 38.2 Å². The molecule has 0 heterocycles. The minimum Gasteiger partial charge on any atom is -0.508 e. The molecule has 72 valence electrons. The predicted octanol–water partition coefficient (Wildman–Crippen LogP) is 3.00. The van der Waals surface area contributed by atoms with E-state index in [2.05, 4.69) is 13.8 Å². The molecule has 1 aromatic carbocycles. The summed E-state index contributed by atoms with van der Waals surface area (Å²) in [5.41, 5.74) is 0.999. The van der Waals surface area contributed by atoms with Crippen LogP contribution in [0, 0.1) is 0 Å². The van der Waals surface area contributed by atoms with Gasteiger partial charge in [-0.1, -0.05) is 20.3 Å². The van der Waals surface area contributed by atoms with E-state index in [4.69, 9.17) is 0 Å². The highest BCUT2D eigenvalue weighted by Gasteiger charge is 2.06. The first kappa shape index (κ1) is 9.90. The lowest BCUT2D eigenvalue weighted by Gasteiger charge is -2.10. The van der Waals surface area contributed by atoms with Crippen LogP contribution in [0.5, 0.6) is 11.5 Å². The molecule has 1 aromatic rings. The van der Waals surface area contributed by atoms with Crippen molar-refractivity contribution >= 4 is 0 Å². The average Bonchev–Trinajstić information content (AvgIpc) is 2.03. The van der Waals surface area contributed by atoms with Gasteiger partial charge in [0.05, 0.1) is 0 Å². The summed E-state index contributed by atoms with van der Waals surface area (Å²) in [5.74, 6) is 0.666. The molecule has 0 aliphatic heterocycles. The lowest BCUT2D eigenvalue weighted by atomic mass is 9.96. The van der Waals surface area contributed by atoms with Gasteiger partial charge in [-0.05, 0) is 30.0 Å². The third kappa shape index (κ3) is 2.65. The van der Waals surface area contributed by atoms with Gasteiger partial charge >= 0.3 is 0 Å². The highest BCUT2D eigenvalue weighted by molar-refractivity contribution is 5.38. The number of benzene rings is 1. The Kier molecular flexibility index (Phi) is 3.18. The van der Waals surface area contributed by atoms with Crippen LogP contribution in [0.2, 0.25) is 0 Å². The molecule has 0 aliphatic carbocycles. The molecule has 0 saturated carbocycles. The second kappa shape index (κ2) is 4.17. The van der Waals surface area contributed by atoms with E-state index in [1.807, 2.05) is 0 Å². The van der Waals surface area contributed by atoms with Crippen molar-refractivity contribution in [1.82, 2.24) is 0 Å². The summed E-state index contributed by atoms with van der Waals surface area (Å²) in [5, 5.41) is 18.5. The maximum Gasteiger partial charge on any atom is 0.119 e. The minimum absolute atomic E-state index is 0.137. The molecular weight excluding hydrogens is 164 g/mol. The second-order valence-corrected chi connectivity index (χ2v) is 3.47. The zero-order valence-electron chi connectivity index (χ0n) is 8.12. The number of phenolic OH excluding ortho intramolecular Hbond substituents is 2. The Morgan fingerprint density at radius 1 is 1.15 bits per heavy atom. The van der Waals surface area contributed by atoms with Crippen LogP contribution >= 0.6 is 0 Å². The molecule has 0 bridgehead atoms. The molecule has 0 fully saturated rings. The fourth-order valence-electron chi connectivity index (χ4n) is 1.50. The van der Waals surface area contributed by atoms with Gasteiger partial charge < -0.3 is 10.2 Å². The predicted molar refractivity (Wildman–Crippen MR) is 53.1 cm³/mol. The van der Waals surface area contributed by atoms with Gasteiger partial charge in [0.25, 0.3) is 0 Å². The maximum absolute atomic E-state index is 9.25. The van der Waals surface area contributed by atoms with E-state index in [-0.39, 0.29) is 11.5 Å². The smallest absolute Gasteiger partial charge is 0.119 e. The molecule has 2 heteroatoms. The first-order chi connectivity index (χ1) is 6.13. The summed E-state index contributed by atoms with van der Waals surface area (Å²) in [7, 11) is 0. The van der Waals surface area contributed by atoms with Gasteiger partial charge in [0.1, 0.15) is 11.5 Å². The Balaban J connectivity index is 2.87. The number of hydrogen-bond donors (Lipinski definition) is 2. The van der Waals surface area contributed by atoms with Crippen LogP contribution in [0.15, 0.2) is 18.2 Å². The van der Waals surface area contributed by atoms with Crippen molar-refractivity contribution in [3.8, 4) is 11.5 Å². The van der Waals surface area contributed by atoms with Crippen molar-refractivity contribution < 1.29 is 10.2 Å². The largest absolute Gasteiger partial charge is 0.508 e. The van der Waals surface area contributed by atoms with E-state index in [9.17, 15) is 10.2 Å². The summed E-state index contributed by atoms with van der Waals surface area (Å²) < 4.78 is 0. The van der Waals surface area contributed by atoms with Gasteiger partial charge in [-0.2, -0.15) is 0 Å². The lowest BCUT2D eigenvalue weighted by molar-refractivity contribution is 0.447. The standard InChI is InChI=1S/C11H16O2/c1-3-4-8(2)9-5-10(12)7-11(13)6-9/h5-8,12-13H,3-4H2,1-2H3. The van der Waals surface area contributed by atoms with Crippen LogP contribution in [-0.2, 0) is 0 Å². The quantitative estimate of drug-likeness (QED) is 0.750. The summed E-state index contributed by atoms with van der Waals surface area (Å²) in [6.07, 6.45) is 2.18. The number of aromatic hydroxyl groups is 2. The summed E-state index contributed by atoms with van der Waals surface area (Å²) in [6, 6.07) is 4.77. The van der Waals surface area contributed by atoms with Crippen molar-refractivity contribution in [3.63, 3.8) is 0 Å². The second-order valence-electron chi connectivity index (χ2n) is 3.47. The summed E-state index contributed by atoms with van der Waals surface area (Å²) >= 11 is 0. The first-order valence-corrected chi connectivity index (χ1v) is 4.66. The molecule has 0 amide bonds. The molecule has 1 rings (SSSR count). The number of phenols is 2. The van der Waals surface area contributed by atoms with Crippen LogP contribution in [-0.4, -0.2) is 10.2 Å². The van der Waals surface area contributed by atoms with E-state index < -0.39 is 0 Å². The molecule has 0 saturated heterocycles. The van der Waals surface area contributed by atoms with Crippen molar-refractivity contribution in [3.05, 3.63) is 23.8 Å². The van der Waals surface area contributed by atoms with Crippen LogP contribution < -0.4 is 0 Å². The van der Waals surface area contributed by atoms with Gasteiger partial charge in [0.2, 0.25) is 0 Å². The van der Waals surface area contributed by atoms with Crippen LogP contribution in [0.25, 0.3) is 0 Å². The van der Waals surface area contributed by atoms with Crippen molar-refractivity contribution in [2.45, 2.75) is 32.6 Å². The van der Waals surface area contributed by atoms with Crippen molar-refractivity contribution in [1.29, 1.82) is 0 Å². The third-order valence-corrected chi connectivity index (χ3v) is 2.22. The number of hydrogen-bond acceptors (Lipinski definition) is 2. The Morgan fingerprint density at radius 3 is 2.15 bits per heavy atom. The zero-order chi connectivity index (χ0) is 9.84. The van der Waals surface area contributed by atoms with E-state index in [1.54, 1.807) is 12.1 Å². The van der Waals surface area contributed by atoms with Gasteiger partial charge in [-0.3, -0.25) is 0 Å². The highest BCUT2D eigenvalue weighted by Crippen LogP contribution is 2.28. The fourth-order valence-corrected chi connectivity index (χ4v) is 1.50. The van der Waals surface area contributed by atoms with Gasteiger partial charge in [-0.25, -0.2) is 0 Å². The van der Waals surface area contributed by atoms with Crippen LogP contribution in [0.3, 0.4) is 0 Å². The third-order valence-electron chi connectivity index (χ3n) is 2.22. The molecule has 0 spiro atoms. The Hall–Kier alpha value is -1.18. The van der Waals surface area contributed by atoms with E-state index in [0.717, 1.165) is 18.4 Å². The molecule has 2 N–H and O–H groups in total. The Labute approximate surface area is 78.8 Å². The molecular formula is C11H16O2. The molecule has 1 unspecified atom stereocenters. The summed E-state index contributed by atoms with van der Waals surface area (Å²) in [4.78, 5) is 0. The first-order valence-electron chi connectivity index (χ1n) is 4.66. The monoisotopic (exact) mass is 180 g/mol. The molecule has 0 aliphatic rings. The maximum atomic E-state index is 9.25.